The third-order valence-corrected chi connectivity index (χ3v) is 3.20. The lowest BCUT2D eigenvalue weighted by molar-refractivity contribution is -0.143. The number of esters is 1. The van der Waals surface area contributed by atoms with Crippen molar-refractivity contribution in [3.05, 3.63) is 29.8 Å². The summed E-state index contributed by atoms with van der Waals surface area (Å²) in [5, 5.41) is 2.70. The van der Waals surface area contributed by atoms with E-state index < -0.39 is 5.97 Å². The van der Waals surface area contributed by atoms with E-state index in [1.165, 1.54) is 6.08 Å². The summed E-state index contributed by atoms with van der Waals surface area (Å²) in [5.74, 6) is 0.979. The van der Waals surface area contributed by atoms with Crippen LogP contribution in [-0.2, 0) is 14.3 Å². The molecule has 1 aromatic carbocycles. The van der Waals surface area contributed by atoms with Gasteiger partial charge in [0.2, 0.25) is 6.79 Å². The van der Waals surface area contributed by atoms with E-state index in [2.05, 4.69) is 19.2 Å². The molecule has 0 saturated carbocycles. The molecule has 1 amide bonds. The van der Waals surface area contributed by atoms with Crippen molar-refractivity contribution >= 4 is 18.0 Å². The molecule has 0 fully saturated rings. The molecule has 0 unspecified atom stereocenters. The number of amides is 1. The van der Waals surface area contributed by atoms with Crippen molar-refractivity contribution in [2.24, 2.45) is 5.92 Å². The highest BCUT2D eigenvalue weighted by molar-refractivity contribution is 5.89. The third kappa shape index (κ3) is 5.65. The van der Waals surface area contributed by atoms with Gasteiger partial charge in [0.1, 0.15) is 0 Å². The van der Waals surface area contributed by atoms with Crippen LogP contribution in [0.4, 0.5) is 0 Å². The van der Waals surface area contributed by atoms with E-state index in [4.69, 9.17) is 14.2 Å². The van der Waals surface area contributed by atoms with Gasteiger partial charge in [-0.3, -0.25) is 4.79 Å². The van der Waals surface area contributed by atoms with E-state index in [1.807, 2.05) is 0 Å². The largest absolute Gasteiger partial charge is 0.454 e. The summed E-state index contributed by atoms with van der Waals surface area (Å²) >= 11 is 0. The lowest BCUT2D eigenvalue weighted by Gasteiger charge is -2.07. The van der Waals surface area contributed by atoms with Crippen molar-refractivity contribution in [1.82, 2.24) is 5.32 Å². The molecule has 6 nitrogen and oxygen atoms in total. The van der Waals surface area contributed by atoms with Crippen molar-refractivity contribution < 1.29 is 23.8 Å². The van der Waals surface area contributed by atoms with Crippen LogP contribution >= 0.6 is 0 Å². The van der Waals surface area contributed by atoms with Gasteiger partial charge in [-0.25, -0.2) is 4.79 Å². The molecule has 1 N–H and O–H groups in total. The fourth-order valence-corrected chi connectivity index (χ4v) is 1.92. The molecule has 0 aromatic heterocycles. The fourth-order valence-electron chi connectivity index (χ4n) is 1.92. The molecule has 6 heteroatoms. The highest BCUT2D eigenvalue weighted by atomic mass is 16.7. The van der Waals surface area contributed by atoms with Gasteiger partial charge >= 0.3 is 5.97 Å². The van der Waals surface area contributed by atoms with Gasteiger partial charge in [-0.2, -0.15) is 0 Å². The molecule has 124 valence electrons. The molecule has 0 bridgehead atoms. The quantitative estimate of drug-likeness (QED) is 0.615. The minimum absolute atomic E-state index is 0.205. The van der Waals surface area contributed by atoms with Crippen LogP contribution in [0.1, 0.15) is 25.8 Å². The Bertz CT molecular complexity index is 595. The number of carbonyl (C=O) groups excluding carboxylic acids is 2. The Balaban J connectivity index is 1.73. The molecule has 1 aliphatic rings. The standard InChI is InChI=1S/C17H21NO5/c1-12(2)7-8-18-16(19)10-21-17(20)6-4-13-3-5-14-15(9-13)23-11-22-14/h3-6,9,12H,7-8,10-11H2,1-2H3,(H,18,19)/b6-4+. The minimum atomic E-state index is -0.568. The number of ether oxygens (including phenoxy) is 3. The average molecular weight is 319 g/mol. The highest BCUT2D eigenvalue weighted by Crippen LogP contribution is 2.32. The van der Waals surface area contributed by atoms with E-state index in [0.29, 0.717) is 24.0 Å². The minimum Gasteiger partial charge on any atom is -0.454 e. The van der Waals surface area contributed by atoms with Crippen LogP contribution in [0.2, 0.25) is 0 Å². The molecule has 1 aromatic rings. The van der Waals surface area contributed by atoms with Crippen LogP contribution in [0.25, 0.3) is 6.08 Å². The van der Waals surface area contributed by atoms with Gasteiger partial charge in [-0.15, -0.1) is 0 Å². The van der Waals surface area contributed by atoms with Crippen molar-refractivity contribution in [3.8, 4) is 11.5 Å². The Labute approximate surface area is 135 Å². The number of nitrogens with one attached hydrogen (secondary N) is 1. The first-order valence-electron chi connectivity index (χ1n) is 7.56. The summed E-state index contributed by atoms with van der Waals surface area (Å²) in [4.78, 5) is 23.1. The van der Waals surface area contributed by atoms with Crippen molar-refractivity contribution in [1.29, 1.82) is 0 Å². The Kier molecular flexibility index (Phi) is 6.02. The van der Waals surface area contributed by atoms with Crippen LogP contribution in [0, 0.1) is 5.92 Å². The number of hydrogen-bond acceptors (Lipinski definition) is 5. The number of hydrogen-bond donors (Lipinski definition) is 1. The Morgan fingerprint density at radius 3 is 2.87 bits per heavy atom. The molecule has 1 heterocycles. The van der Waals surface area contributed by atoms with Gasteiger partial charge in [-0.1, -0.05) is 19.9 Å². The first-order chi connectivity index (χ1) is 11.0. The van der Waals surface area contributed by atoms with Gasteiger partial charge in [0, 0.05) is 12.6 Å². The van der Waals surface area contributed by atoms with Crippen LogP contribution in [0.5, 0.6) is 11.5 Å². The van der Waals surface area contributed by atoms with Crippen molar-refractivity contribution in [2.45, 2.75) is 20.3 Å². The SMILES string of the molecule is CC(C)CCNC(=O)COC(=O)/C=C/c1ccc2c(c1)OCO2. The topological polar surface area (TPSA) is 73.9 Å². The molecule has 23 heavy (non-hydrogen) atoms. The molecular formula is C17H21NO5. The van der Waals surface area contributed by atoms with Gasteiger partial charge in [-0.05, 0) is 36.1 Å². The van der Waals surface area contributed by atoms with E-state index in [9.17, 15) is 9.59 Å². The number of benzene rings is 1. The van der Waals surface area contributed by atoms with Crippen molar-refractivity contribution in [3.63, 3.8) is 0 Å². The highest BCUT2D eigenvalue weighted by Gasteiger charge is 2.12. The van der Waals surface area contributed by atoms with Gasteiger partial charge in [0.15, 0.2) is 18.1 Å². The molecule has 0 saturated heterocycles. The predicted molar refractivity (Wildman–Crippen MR) is 85.0 cm³/mol. The van der Waals surface area contributed by atoms with E-state index in [1.54, 1.807) is 24.3 Å². The van der Waals surface area contributed by atoms with Crippen LogP contribution in [-0.4, -0.2) is 31.8 Å². The predicted octanol–water partition coefficient (Wildman–Crippen LogP) is 2.13. The lowest BCUT2D eigenvalue weighted by atomic mass is 10.1. The second-order valence-electron chi connectivity index (χ2n) is 5.59. The van der Waals surface area contributed by atoms with Gasteiger partial charge < -0.3 is 19.5 Å². The Morgan fingerprint density at radius 2 is 2.09 bits per heavy atom. The van der Waals surface area contributed by atoms with Crippen LogP contribution in [0.15, 0.2) is 24.3 Å². The molecular weight excluding hydrogens is 298 g/mol. The fraction of sp³-hybridized carbons (Fsp3) is 0.412. The van der Waals surface area contributed by atoms with Gasteiger partial charge in [0.25, 0.3) is 5.91 Å². The number of carbonyl (C=O) groups is 2. The summed E-state index contributed by atoms with van der Waals surface area (Å²) in [6.45, 7) is 4.67. The zero-order chi connectivity index (χ0) is 16.7. The monoisotopic (exact) mass is 319 g/mol. The summed E-state index contributed by atoms with van der Waals surface area (Å²) in [6.07, 6.45) is 3.77. The molecule has 1 aliphatic heterocycles. The van der Waals surface area contributed by atoms with Crippen molar-refractivity contribution in [2.75, 3.05) is 19.9 Å². The third-order valence-electron chi connectivity index (χ3n) is 3.20. The second kappa shape index (κ2) is 8.22. The average Bonchev–Trinajstić information content (AvgIpc) is 2.98. The maximum atomic E-state index is 11.6. The second-order valence-corrected chi connectivity index (χ2v) is 5.59. The number of fused-ring (bicyclic) bond motifs is 1. The van der Waals surface area contributed by atoms with E-state index >= 15 is 0 Å². The summed E-state index contributed by atoms with van der Waals surface area (Å²) < 4.78 is 15.3. The van der Waals surface area contributed by atoms with E-state index in [-0.39, 0.29) is 19.3 Å². The molecule has 0 atom stereocenters. The summed E-state index contributed by atoms with van der Waals surface area (Å²) in [7, 11) is 0. The van der Waals surface area contributed by atoms with E-state index in [0.717, 1.165) is 12.0 Å². The van der Waals surface area contributed by atoms with Crippen LogP contribution < -0.4 is 14.8 Å². The van der Waals surface area contributed by atoms with Crippen LogP contribution in [0.3, 0.4) is 0 Å². The lowest BCUT2D eigenvalue weighted by Crippen LogP contribution is -2.29. The normalized spacial score (nSPS) is 12.7. The summed E-state index contributed by atoms with van der Waals surface area (Å²) in [5.41, 5.74) is 0.785. The maximum absolute atomic E-state index is 11.6. The number of rotatable bonds is 7. The Morgan fingerprint density at radius 1 is 1.30 bits per heavy atom. The molecule has 0 aliphatic carbocycles. The first kappa shape index (κ1) is 16.9. The summed E-state index contributed by atoms with van der Waals surface area (Å²) in [6, 6.07) is 5.34. The maximum Gasteiger partial charge on any atom is 0.331 e. The first-order valence-corrected chi connectivity index (χ1v) is 7.56. The zero-order valence-corrected chi connectivity index (χ0v) is 13.3. The zero-order valence-electron chi connectivity index (χ0n) is 13.3. The molecule has 2 rings (SSSR count). The smallest absolute Gasteiger partial charge is 0.331 e. The molecule has 0 spiro atoms. The Hall–Kier alpha value is -2.50. The van der Waals surface area contributed by atoms with Gasteiger partial charge in [0.05, 0.1) is 0 Å². The molecule has 0 radical (unpaired) electrons.